The Morgan fingerprint density at radius 3 is 3.00 bits per heavy atom. The molecule has 0 spiro atoms. The van der Waals surface area contributed by atoms with Gasteiger partial charge >= 0.3 is 12.0 Å². The van der Waals surface area contributed by atoms with E-state index in [2.05, 4.69) is 5.32 Å². The van der Waals surface area contributed by atoms with E-state index in [1.165, 1.54) is 7.11 Å². The maximum absolute atomic E-state index is 12.2. The number of benzene rings is 1. The van der Waals surface area contributed by atoms with Gasteiger partial charge in [-0.05, 0) is 32.0 Å². The summed E-state index contributed by atoms with van der Waals surface area (Å²) in [6.07, 6.45) is 0.643. The second kappa shape index (κ2) is 4.65. The average molecular weight is 290 g/mol. The Morgan fingerprint density at radius 1 is 1.57 bits per heavy atom. The minimum Gasteiger partial charge on any atom is -0.468 e. The summed E-state index contributed by atoms with van der Waals surface area (Å²) in [7, 11) is 1.34. The molecule has 2 bridgehead atoms. The molecule has 1 aromatic carbocycles. The number of esters is 1. The molecular weight excluding hydrogens is 272 g/mol. The van der Waals surface area contributed by atoms with E-state index in [9.17, 15) is 9.59 Å². The molecule has 1 aromatic rings. The normalized spacial score (nSPS) is 26.5. The van der Waals surface area contributed by atoms with E-state index in [-0.39, 0.29) is 12.1 Å². The summed E-state index contributed by atoms with van der Waals surface area (Å²) in [6.45, 7) is 4.41. The summed E-state index contributed by atoms with van der Waals surface area (Å²) in [4.78, 5) is 25.5. The number of rotatable bonds is 2. The van der Waals surface area contributed by atoms with Crippen molar-refractivity contribution in [3.63, 3.8) is 0 Å². The molecule has 21 heavy (non-hydrogen) atoms. The van der Waals surface area contributed by atoms with E-state index >= 15 is 0 Å². The number of nitrogens with one attached hydrogen (secondary N) is 1. The molecule has 2 unspecified atom stereocenters. The summed E-state index contributed by atoms with van der Waals surface area (Å²) in [5, 5.41) is 2.97. The van der Waals surface area contributed by atoms with Gasteiger partial charge in [0.1, 0.15) is 5.75 Å². The monoisotopic (exact) mass is 290 g/mol. The number of methoxy groups -OCH3 is 1. The van der Waals surface area contributed by atoms with Gasteiger partial charge in [0.2, 0.25) is 0 Å². The van der Waals surface area contributed by atoms with Gasteiger partial charge in [-0.2, -0.15) is 0 Å². The topological polar surface area (TPSA) is 67.9 Å². The number of urea groups is 1. The Labute approximate surface area is 123 Å². The van der Waals surface area contributed by atoms with Crippen molar-refractivity contribution >= 4 is 12.0 Å². The summed E-state index contributed by atoms with van der Waals surface area (Å²) >= 11 is 0. The lowest BCUT2D eigenvalue weighted by molar-refractivity contribution is -0.0815. The largest absolute Gasteiger partial charge is 0.468 e. The third-order valence-electron chi connectivity index (χ3n) is 4.15. The zero-order valence-corrected chi connectivity index (χ0v) is 12.3. The van der Waals surface area contributed by atoms with Crippen LogP contribution in [0.25, 0.3) is 0 Å². The first-order chi connectivity index (χ1) is 9.98. The highest BCUT2D eigenvalue weighted by atomic mass is 16.5. The number of amides is 2. The fraction of sp³-hybridized carbons (Fsp3) is 0.467. The molecule has 2 atom stereocenters. The second-order valence-electron chi connectivity index (χ2n) is 5.47. The number of ether oxygens (including phenoxy) is 2. The predicted octanol–water partition coefficient (Wildman–Crippen LogP) is 2.06. The van der Waals surface area contributed by atoms with Crippen molar-refractivity contribution in [2.24, 2.45) is 0 Å². The Kier molecular flexibility index (Phi) is 3.04. The number of nitrogens with zero attached hydrogens (tertiary/aromatic N) is 1. The van der Waals surface area contributed by atoms with E-state index in [0.717, 1.165) is 5.56 Å². The van der Waals surface area contributed by atoms with Gasteiger partial charge in [0.25, 0.3) is 0 Å². The van der Waals surface area contributed by atoms with Crippen LogP contribution >= 0.6 is 0 Å². The van der Waals surface area contributed by atoms with Gasteiger partial charge in [-0.15, -0.1) is 0 Å². The van der Waals surface area contributed by atoms with Crippen LogP contribution in [0.5, 0.6) is 5.75 Å². The molecule has 6 heteroatoms. The first kappa shape index (κ1) is 13.7. The highest BCUT2D eigenvalue weighted by molar-refractivity contribution is 5.90. The number of hydrogen-bond donors (Lipinski definition) is 1. The zero-order valence-electron chi connectivity index (χ0n) is 12.3. The first-order valence-electron chi connectivity index (χ1n) is 6.98. The lowest BCUT2D eigenvalue weighted by atomic mass is 9.89. The maximum Gasteiger partial charge on any atom is 0.337 e. The smallest absolute Gasteiger partial charge is 0.337 e. The van der Waals surface area contributed by atoms with Crippen LogP contribution < -0.4 is 10.1 Å². The maximum atomic E-state index is 12.2. The fourth-order valence-corrected chi connectivity index (χ4v) is 3.14. The van der Waals surface area contributed by atoms with Crippen LogP contribution in [-0.4, -0.2) is 36.3 Å². The van der Waals surface area contributed by atoms with Gasteiger partial charge in [-0.25, -0.2) is 9.59 Å². The summed E-state index contributed by atoms with van der Waals surface area (Å²) in [5.41, 5.74) is 0.622. The van der Waals surface area contributed by atoms with Gasteiger partial charge in [0.05, 0.1) is 18.7 Å². The van der Waals surface area contributed by atoms with E-state index in [1.54, 1.807) is 23.1 Å². The lowest BCUT2D eigenvalue weighted by Crippen LogP contribution is -2.64. The predicted molar refractivity (Wildman–Crippen MR) is 75.1 cm³/mol. The zero-order chi connectivity index (χ0) is 15.2. The van der Waals surface area contributed by atoms with Crippen molar-refractivity contribution in [2.45, 2.75) is 32.0 Å². The molecule has 0 radical (unpaired) electrons. The minimum atomic E-state index is -0.651. The molecule has 1 N–H and O–H groups in total. The van der Waals surface area contributed by atoms with E-state index < -0.39 is 11.7 Å². The van der Waals surface area contributed by atoms with Gasteiger partial charge in [0.15, 0.2) is 5.72 Å². The highest BCUT2D eigenvalue weighted by Gasteiger charge is 2.48. The second-order valence-corrected chi connectivity index (χ2v) is 5.47. The SMILES string of the molecule is CCN1C(=O)NC2CC1(C)Oc1ccc(C(=O)OC)cc12. The van der Waals surface area contributed by atoms with Gasteiger partial charge in [-0.1, -0.05) is 0 Å². The van der Waals surface area contributed by atoms with E-state index in [4.69, 9.17) is 9.47 Å². The molecule has 3 rings (SSSR count). The van der Waals surface area contributed by atoms with Crippen LogP contribution in [0.15, 0.2) is 18.2 Å². The first-order valence-corrected chi connectivity index (χ1v) is 6.98. The Hall–Kier alpha value is -2.24. The van der Waals surface area contributed by atoms with Crippen LogP contribution in [-0.2, 0) is 4.74 Å². The summed E-state index contributed by atoms with van der Waals surface area (Å²) < 4.78 is 10.8. The minimum absolute atomic E-state index is 0.148. The third kappa shape index (κ3) is 2.02. The van der Waals surface area contributed by atoms with Crippen molar-refractivity contribution in [3.8, 4) is 5.75 Å². The van der Waals surface area contributed by atoms with Gasteiger partial charge in [0, 0.05) is 18.5 Å². The Balaban J connectivity index is 2.03. The van der Waals surface area contributed by atoms with Crippen molar-refractivity contribution in [1.29, 1.82) is 0 Å². The molecule has 0 aliphatic carbocycles. The van der Waals surface area contributed by atoms with Crippen molar-refractivity contribution in [3.05, 3.63) is 29.3 Å². The molecule has 1 saturated heterocycles. The van der Waals surface area contributed by atoms with Crippen LogP contribution in [0.3, 0.4) is 0 Å². The Bertz CT molecular complexity index is 616. The molecule has 2 aliphatic rings. The molecule has 112 valence electrons. The van der Waals surface area contributed by atoms with Crippen molar-refractivity contribution in [2.75, 3.05) is 13.7 Å². The summed E-state index contributed by atoms with van der Waals surface area (Å²) in [5.74, 6) is 0.295. The van der Waals surface area contributed by atoms with E-state index in [1.807, 2.05) is 13.8 Å². The van der Waals surface area contributed by atoms with E-state index in [0.29, 0.717) is 24.3 Å². The van der Waals surface area contributed by atoms with Crippen molar-refractivity contribution in [1.82, 2.24) is 10.2 Å². The standard InChI is InChI=1S/C15H18N2O4/c1-4-17-14(19)16-11-8-15(17,2)21-12-6-5-9(7-10(11)12)13(18)20-3/h5-7,11H,4,8H2,1-3H3,(H,16,19). The number of hydrogen-bond acceptors (Lipinski definition) is 4. The van der Waals surface area contributed by atoms with Gasteiger partial charge in [-0.3, -0.25) is 4.90 Å². The summed E-state index contributed by atoms with van der Waals surface area (Å²) in [6, 6.07) is 4.86. The van der Waals surface area contributed by atoms with Crippen LogP contribution in [0, 0.1) is 0 Å². The number of fused-ring (bicyclic) bond motifs is 4. The lowest BCUT2D eigenvalue weighted by Gasteiger charge is -2.50. The molecule has 0 aromatic heterocycles. The number of carbonyl (C=O) groups is 2. The molecule has 6 nitrogen and oxygen atoms in total. The van der Waals surface area contributed by atoms with Crippen LogP contribution in [0.1, 0.15) is 42.2 Å². The van der Waals surface area contributed by atoms with Crippen LogP contribution in [0.4, 0.5) is 4.79 Å². The Morgan fingerprint density at radius 2 is 2.33 bits per heavy atom. The molecule has 2 heterocycles. The molecule has 2 aliphatic heterocycles. The third-order valence-corrected chi connectivity index (χ3v) is 4.15. The highest BCUT2D eigenvalue weighted by Crippen LogP contribution is 2.44. The molecule has 1 fully saturated rings. The molecule has 0 saturated carbocycles. The average Bonchev–Trinajstić information content (AvgIpc) is 2.45. The van der Waals surface area contributed by atoms with Crippen molar-refractivity contribution < 1.29 is 19.1 Å². The fourth-order valence-electron chi connectivity index (χ4n) is 3.14. The molecule has 2 amide bonds. The van der Waals surface area contributed by atoms with Gasteiger partial charge < -0.3 is 14.8 Å². The quantitative estimate of drug-likeness (QED) is 0.847. The van der Waals surface area contributed by atoms with Crippen LogP contribution in [0.2, 0.25) is 0 Å². The molecular formula is C15H18N2O4. The number of carbonyl (C=O) groups excluding carboxylic acids is 2.